The van der Waals surface area contributed by atoms with Gasteiger partial charge in [0.25, 0.3) is 0 Å². The number of carbonyl (C=O) groups is 1. The molecule has 0 aromatic heterocycles. The van der Waals surface area contributed by atoms with Crippen molar-refractivity contribution in [1.82, 2.24) is 0 Å². The van der Waals surface area contributed by atoms with E-state index in [-0.39, 0.29) is 11.4 Å². The summed E-state index contributed by atoms with van der Waals surface area (Å²) in [6.07, 6.45) is 12.3. The fraction of sp³-hybridized carbons (Fsp3) is 0.973. The molecule has 0 bridgehead atoms. The predicted octanol–water partition coefficient (Wildman–Crippen LogP) is 10.3. The summed E-state index contributed by atoms with van der Waals surface area (Å²) >= 11 is 0. The average Bonchev–Trinajstić information content (AvgIpc) is 3.35. The van der Waals surface area contributed by atoms with Gasteiger partial charge in [-0.2, -0.15) is 0 Å². The summed E-state index contributed by atoms with van der Waals surface area (Å²) in [7, 11) is -3.58. The summed E-state index contributed by atoms with van der Waals surface area (Å²) in [4.78, 5) is 12.1. The Morgan fingerprint density at radius 2 is 1.47 bits per heavy atom. The van der Waals surface area contributed by atoms with Crippen LogP contribution in [-0.2, 0) is 22.8 Å². The van der Waals surface area contributed by atoms with Gasteiger partial charge < -0.3 is 18.0 Å². The van der Waals surface area contributed by atoms with Crippen molar-refractivity contribution >= 4 is 30.9 Å². The number of rotatable bonds is 14. The third kappa shape index (κ3) is 8.08. The molecular formula is C37H72O5Si3. The lowest BCUT2D eigenvalue weighted by atomic mass is 9.43. The van der Waals surface area contributed by atoms with E-state index in [1.54, 1.807) is 0 Å². The molecule has 0 spiro atoms. The average molecular weight is 681 g/mol. The molecule has 4 rings (SSSR count). The van der Waals surface area contributed by atoms with Gasteiger partial charge >= 0.3 is 5.97 Å². The van der Waals surface area contributed by atoms with E-state index in [9.17, 15) is 4.79 Å². The van der Waals surface area contributed by atoms with Crippen molar-refractivity contribution in [2.24, 2.45) is 46.3 Å². The highest BCUT2D eigenvalue weighted by Gasteiger charge is 2.65. The zero-order valence-corrected chi connectivity index (χ0v) is 34.6. The van der Waals surface area contributed by atoms with Crippen LogP contribution in [-0.4, -0.2) is 56.8 Å². The second-order valence-electron chi connectivity index (χ2n) is 18.1. The number of ether oxygens (including phenoxy) is 1. The molecule has 0 N–H and O–H groups in total. The van der Waals surface area contributed by atoms with Crippen molar-refractivity contribution in [3.63, 3.8) is 0 Å². The van der Waals surface area contributed by atoms with Crippen molar-refractivity contribution < 1.29 is 22.8 Å². The summed E-state index contributed by atoms with van der Waals surface area (Å²) < 4.78 is 26.6. The van der Waals surface area contributed by atoms with Crippen LogP contribution in [0.25, 0.3) is 0 Å². The lowest BCUT2D eigenvalue weighted by Gasteiger charge is -2.65. The molecule has 0 unspecified atom stereocenters. The summed E-state index contributed by atoms with van der Waals surface area (Å²) in [5.41, 5.74) is 0.565. The van der Waals surface area contributed by atoms with Crippen LogP contribution in [0.15, 0.2) is 0 Å². The standard InChI is InChI=1S/C37H72O5Si3/c1-13-43(7,8)40-26-37-23-20-29(41-44(9,10)14-2)24-28(37)25-33(42-45(11,12)15-3)35-31-18-17-30(27(4)16-19-34(38)39-6)36(31,5)22-21-32(35)37/h27-33,35H,13-26H2,1-12H3/t27-,28+,29-,30-,31+,32+,33-,35+,36-,37-/m1/s1. The number of fused-ring (bicyclic) bond motifs is 5. The normalized spacial score (nSPS) is 37.8. The van der Waals surface area contributed by atoms with Gasteiger partial charge in [0.2, 0.25) is 0 Å². The number of carbonyl (C=O) groups excluding carboxylic acids is 1. The molecule has 4 aliphatic carbocycles. The molecule has 0 radical (unpaired) electrons. The van der Waals surface area contributed by atoms with Crippen LogP contribution in [0.2, 0.25) is 57.4 Å². The van der Waals surface area contributed by atoms with Crippen LogP contribution in [0, 0.1) is 46.3 Å². The zero-order chi connectivity index (χ0) is 33.4. The van der Waals surface area contributed by atoms with Gasteiger partial charge in [-0.1, -0.05) is 34.6 Å². The van der Waals surface area contributed by atoms with Crippen LogP contribution >= 0.6 is 0 Å². The van der Waals surface area contributed by atoms with Crippen molar-refractivity contribution in [3.8, 4) is 0 Å². The SMILES string of the molecule is CC[Si](C)(C)OC[C@]12CC[C@@H](O[Si](C)(C)CC)C[C@H]1C[C@@H](O[Si](C)(C)CC)[C@H]1[C@@H]3CC[C@H]([C@H](C)CCC(=O)OC)[C@@]3(C)CC[C@@H]12. The first kappa shape index (κ1) is 37.8. The minimum absolute atomic E-state index is 0.0612. The molecule has 262 valence electrons. The Kier molecular flexibility index (Phi) is 12.2. The first-order chi connectivity index (χ1) is 21.0. The highest BCUT2D eigenvalue weighted by atomic mass is 28.4. The van der Waals surface area contributed by atoms with Gasteiger partial charge in [0, 0.05) is 25.2 Å². The highest BCUT2D eigenvalue weighted by molar-refractivity contribution is 6.71. The smallest absolute Gasteiger partial charge is 0.305 e. The van der Waals surface area contributed by atoms with E-state index in [1.807, 2.05) is 0 Å². The Balaban J connectivity index is 1.70. The lowest BCUT2D eigenvalue weighted by Crippen LogP contribution is -2.63. The van der Waals surface area contributed by atoms with Crippen molar-refractivity contribution in [2.75, 3.05) is 13.7 Å². The number of hydrogen-bond acceptors (Lipinski definition) is 5. The zero-order valence-electron chi connectivity index (χ0n) is 31.6. The predicted molar refractivity (Wildman–Crippen MR) is 195 cm³/mol. The van der Waals surface area contributed by atoms with E-state index in [2.05, 4.69) is 73.9 Å². The largest absolute Gasteiger partial charge is 0.469 e. The van der Waals surface area contributed by atoms with Gasteiger partial charge in [0.1, 0.15) is 0 Å². The number of hydrogen-bond donors (Lipinski definition) is 0. The fourth-order valence-electron chi connectivity index (χ4n) is 10.6. The topological polar surface area (TPSA) is 54.0 Å². The second-order valence-corrected chi connectivity index (χ2v) is 31.5. The van der Waals surface area contributed by atoms with Gasteiger partial charge in [0.05, 0.1) is 7.11 Å². The van der Waals surface area contributed by atoms with Crippen LogP contribution < -0.4 is 0 Å². The fourth-order valence-corrected chi connectivity index (χ4v) is 13.9. The van der Waals surface area contributed by atoms with E-state index >= 15 is 0 Å². The first-order valence-corrected chi connectivity index (χ1v) is 28.4. The van der Waals surface area contributed by atoms with Gasteiger partial charge in [-0.3, -0.25) is 4.79 Å². The molecule has 4 saturated carbocycles. The van der Waals surface area contributed by atoms with Crippen LogP contribution in [0.5, 0.6) is 0 Å². The van der Waals surface area contributed by atoms with Gasteiger partial charge in [-0.05, 0) is 162 Å². The summed E-state index contributed by atoms with van der Waals surface area (Å²) in [5.74, 6) is 3.76. The maximum absolute atomic E-state index is 12.1. The minimum atomic E-state index is -1.77. The van der Waals surface area contributed by atoms with Crippen molar-refractivity contribution in [2.45, 2.75) is 168 Å². The van der Waals surface area contributed by atoms with Crippen molar-refractivity contribution in [3.05, 3.63) is 0 Å². The molecule has 4 aliphatic rings. The van der Waals surface area contributed by atoms with Crippen LogP contribution in [0.1, 0.15) is 98.8 Å². The third-order valence-corrected chi connectivity index (χ3v) is 22.3. The third-order valence-electron chi connectivity index (χ3n) is 14.3. The molecule has 0 amide bonds. The Hall–Kier alpha value is 0.000649. The summed E-state index contributed by atoms with van der Waals surface area (Å²) in [6.45, 7) is 27.6. The monoisotopic (exact) mass is 680 g/mol. The molecule has 8 heteroatoms. The van der Waals surface area contributed by atoms with Gasteiger partial charge in [-0.15, -0.1) is 0 Å². The van der Waals surface area contributed by atoms with Crippen LogP contribution in [0.3, 0.4) is 0 Å². The molecule has 0 saturated heterocycles. The van der Waals surface area contributed by atoms with Crippen molar-refractivity contribution in [1.29, 1.82) is 0 Å². The highest BCUT2D eigenvalue weighted by Crippen LogP contribution is 2.69. The van der Waals surface area contributed by atoms with E-state index in [4.69, 9.17) is 18.0 Å². The van der Waals surface area contributed by atoms with E-state index in [0.717, 1.165) is 13.0 Å². The van der Waals surface area contributed by atoms with Crippen LogP contribution in [0.4, 0.5) is 0 Å². The Labute approximate surface area is 281 Å². The Bertz CT molecular complexity index is 1000. The summed E-state index contributed by atoms with van der Waals surface area (Å²) in [6, 6.07) is 3.54. The molecular weight excluding hydrogens is 609 g/mol. The summed E-state index contributed by atoms with van der Waals surface area (Å²) in [5, 5.41) is 0. The maximum atomic E-state index is 12.1. The molecule has 0 aromatic rings. The van der Waals surface area contributed by atoms with E-state index < -0.39 is 25.0 Å². The van der Waals surface area contributed by atoms with E-state index in [1.165, 1.54) is 76.6 Å². The molecule has 0 heterocycles. The molecule has 0 aliphatic heterocycles. The van der Waals surface area contributed by atoms with E-state index in [0.29, 0.717) is 59.6 Å². The minimum Gasteiger partial charge on any atom is -0.469 e. The van der Waals surface area contributed by atoms with Gasteiger partial charge in [0.15, 0.2) is 25.0 Å². The molecule has 10 atom stereocenters. The quantitative estimate of drug-likeness (QED) is 0.135. The lowest BCUT2D eigenvalue weighted by molar-refractivity contribution is -0.186. The molecule has 45 heavy (non-hydrogen) atoms. The maximum Gasteiger partial charge on any atom is 0.305 e. The molecule has 5 nitrogen and oxygen atoms in total. The number of esters is 1. The first-order valence-electron chi connectivity index (χ1n) is 19.0. The molecule has 0 aromatic carbocycles. The second kappa shape index (κ2) is 14.5. The Morgan fingerprint density at radius 1 is 0.822 bits per heavy atom. The van der Waals surface area contributed by atoms with Gasteiger partial charge in [-0.25, -0.2) is 0 Å². The Morgan fingerprint density at radius 3 is 2.09 bits per heavy atom. The molecule has 4 fully saturated rings. The number of methoxy groups -OCH3 is 1.